The monoisotopic (exact) mass is 426 g/mol. The molecule has 0 fully saturated rings. The number of nitrogens with zero attached hydrogens (tertiary/aromatic N) is 4. The number of anilines is 2. The van der Waals surface area contributed by atoms with Gasteiger partial charge in [-0.3, -0.25) is 0 Å². The van der Waals surface area contributed by atoms with Crippen molar-refractivity contribution < 1.29 is 0 Å². The number of halogens is 1. The van der Waals surface area contributed by atoms with Crippen LogP contribution in [-0.4, -0.2) is 19.7 Å². The molecule has 152 valence electrons. The molecule has 2 aromatic heterocycles. The molecule has 2 heterocycles. The molecule has 0 saturated heterocycles. The van der Waals surface area contributed by atoms with Gasteiger partial charge in [-0.05, 0) is 29.8 Å². The molecule has 0 radical (unpaired) electrons. The molecule has 0 saturated carbocycles. The number of nitrogens with two attached hydrogens (primary N) is 1. The molecule has 0 aliphatic rings. The van der Waals surface area contributed by atoms with Gasteiger partial charge in [0, 0.05) is 17.1 Å². The molecule has 0 aliphatic carbocycles. The van der Waals surface area contributed by atoms with Crippen molar-refractivity contribution in [2.75, 3.05) is 11.1 Å². The van der Waals surface area contributed by atoms with E-state index in [2.05, 4.69) is 15.4 Å². The van der Waals surface area contributed by atoms with Gasteiger partial charge in [0.05, 0.1) is 16.8 Å². The second kappa shape index (κ2) is 8.08. The molecular formula is C24H19ClN6. The number of fused-ring (bicyclic) bond motifs is 1. The van der Waals surface area contributed by atoms with Gasteiger partial charge in [-0.1, -0.05) is 72.3 Å². The Morgan fingerprint density at radius 1 is 0.871 bits per heavy atom. The minimum absolute atomic E-state index is 0.476. The first-order chi connectivity index (χ1) is 15.2. The highest BCUT2D eigenvalue weighted by molar-refractivity contribution is 6.30. The number of aromatic nitrogens is 4. The number of nitrogen functional groups attached to an aromatic ring is 1. The SMILES string of the molecule is Nc1c2c(-c3cccc(Cl)c3)nc(NCc3ccccc3)nc2nn1-c1ccccc1. The summed E-state index contributed by atoms with van der Waals surface area (Å²) in [5.41, 5.74) is 10.6. The molecule has 0 aliphatic heterocycles. The minimum atomic E-state index is 0.476. The van der Waals surface area contributed by atoms with Crippen LogP contribution in [0.5, 0.6) is 0 Å². The number of hydrogen-bond acceptors (Lipinski definition) is 5. The maximum atomic E-state index is 6.53. The van der Waals surface area contributed by atoms with Gasteiger partial charge >= 0.3 is 0 Å². The lowest BCUT2D eigenvalue weighted by Crippen LogP contribution is -2.05. The predicted octanol–water partition coefficient (Wildman–Crippen LogP) is 5.33. The fourth-order valence-corrected chi connectivity index (χ4v) is 3.67. The van der Waals surface area contributed by atoms with E-state index in [0.29, 0.717) is 40.1 Å². The highest BCUT2D eigenvalue weighted by Crippen LogP contribution is 2.33. The molecule has 5 aromatic rings. The van der Waals surface area contributed by atoms with E-state index in [1.54, 1.807) is 4.68 Å². The van der Waals surface area contributed by atoms with Crippen LogP contribution in [0.25, 0.3) is 28.0 Å². The van der Waals surface area contributed by atoms with E-state index in [1.165, 1.54) is 0 Å². The molecule has 0 bridgehead atoms. The second-order valence-corrected chi connectivity index (χ2v) is 7.51. The quantitative estimate of drug-likeness (QED) is 0.397. The lowest BCUT2D eigenvalue weighted by Gasteiger charge is -2.09. The zero-order valence-corrected chi connectivity index (χ0v) is 17.3. The van der Waals surface area contributed by atoms with Gasteiger partial charge in [0.15, 0.2) is 5.65 Å². The van der Waals surface area contributed by atoms with E-state index >= 15 is 0 Å². The first-order valence-electron chi connectivity index (χ1n) is 9.84. The zero-order chi connectivity index (χ0) is 21.2. The number of nitrogens with one attached hydrogen (secondary N) is 1. The van der Waals surface area contributed by atoms with E-state index in [0.717, 1.165) is 16.8 Å². The van der Waals surface area contributed by atoms with Crippen molar-refractivity contribution in [3.8, 4) is 16.9 Å². The van der Waals surface area contributed by atoms with E-state index < -0.39 is 0 Å². The average molecular weight is 427 g/mol. The summed E-state index contributed by atoms with van der Waals surface area (Å²) in [6.07, 6.45) is 0. The summed E-state index contributed by atoms with van der Waals surface area (Å²) in [6.45, 7) is 0.593. The third-order valence-corrected chi connectivity index (χ3v) is 5.20. The minimum Gasteiger partial charge on any atom is -0.383 e. The Labute approximate surface area is 184 Å². The van der Waals surface area contributed by atoms with Crippen molar-refractivity contribution in [1.82, 2.24) is 19.7 Å². The molecule has 3 N–H and O–H groups in total. The van der Waals surface area contributed by atoms with Gasteiger partial charge in [-0.2, -0.15) is 4.98 Å². The largest absolute Gasteiger partial charge is 0.383 e. The lowest BCUT2D eigenvalue weighted by molar-refractivity contribution is 0.899. The molecule has 0 atom stereocenters. The predicted molar refractivity (Wildman–Crippen MR) is 125 cm³/mol. The Morgan fingerprint density at radius 3 is 2.35 bits per heavy atom. The van der Waals surface area contributed by atoms with Crippen LogP contribution in [0.1, 0.15) is 5.56 Å². The average Bonchev–Trinajstić information content (AvgIpc) is 3.15. The normalized spacial score (nSPS) is 11.0. The molecule has 0 spiro atoms. The standard InChI is InChI=1S/C24H19ClN6/c25-18-11-7-10-17(14-18)21-20-22(26)31(19-12-5-2-6-13-19)30-23(20)29-24(28-21)27-15-16-8-3-1-4-9-16/h1-14H,15,26H2,(H,27,29,30). The Kier molecular flexibility index (Phi) is 4.98. The van der Waals surface area contributed by atoms with Crippen LogP contribution in [0.15, 0.2) is 84.9 Å². The summed E-state index contributed by atoms with van der Waals surface area (Å²) in [6, 6.07) is 27.3. The van der Waals surface area contributed by atoms with Crippen LogP contribution < -0.4 is 11.1 Å². The van der Waals surface area contributed by atoms with Gasteiger partial charge < -0.3 is 11.1 Å². The summed E-state index contributed by atoms with van der Waals surface area (Å²) in [7, 11) is 0. The Bertz CT molecular complexity index is 1350. The van der Waals surface area contributed by atoms with E-state index in [-0.39, 0.29) is 0 Å². The molecule has 0 amide bonds. The van der Waals surface area contributed by atoms with Gasteiger partial charge in [0.2, 0.25) is 5.95 Å². The summed E-state index contributed by atoms with van der Waals surface area (Å²) < 4.78 is 1.69. The maximum Gasteiger partial charge on any atom is 0.225 e. The van der Waals surface area contributed by atoms with Crippen LogP contribution in [0, 0.1) is 0 Å². The lowest BCUT2D eigenvalue weighted by atomic mass is 10.1. The van der Waals surface area contributed by atoms with Gasteiger partial charge in [-0.25, -0.2) is 9.67 Å². The number of para-hydroxylation sites is 1. The first kappa shape index (κ1) is 19.1. The summed E-state index contributed by atoms with van der Waals surface area (Å²) >= 11 is 6.26. The molecule has 3 aromatic carbocycles. The topological polar surface area (TPSA) is 81.7 Å². The molecule has 6 nitrogen and oxygen atoms in total. The Morgan fingerprint density at radius 2 is 1.61 bits per heavy atom. The van der Waals surface area contributed by atoms with Crippen LogP contribution in [0.2, 0.25) is 5.02 Å². The first-order valence-corrected chi connectivity index (χ1v) is 10.2. The van der Waals surface area contributed by atoms with Crippen LogP contribution in [0.4, 0.5) is 11.8 Å². The Balaban J connectivity index is 1.66. The fraction of sp³-hybridized carbons (Fsp3) is 0.0417. The van der Waals surface area contributed by atoms with Crippen molar-refractivity contribution in [1.29, 1.82) is 0 Å². The number of rotatable bonds is 5. The third kappa shape index (κ3) is 3.81. The van der Waals surface area contributed by atoms with E-state index in [1.807, 2.05) is 84.9 Å². The van der Waals surface area contributed by atoms with Gasteiger partial charge in [0.1, 0.15) is 5.82 Å². The molecule has 31 heavy (non-hydrogen) atoms. The highest BCUT2D eigenvalue weighted by atomic mass is 35.5. The summed E-state index contributed by atoms with van der Waals surface area (Å²) in [5.74, 6) is 0.954. The van der Waals surface area contributed by atoms with Crippen LogP contribution in [-0.2, 0) is 6.54 Å². The van der Waals surface area contributed by atoms with Crippen molar-refractivity contribution in [3.63, 3.8) is 0 Å². The van der Waals surface area contributed by atoms with Crippen molar-refractivity contribution in [3.05, 3.63) is 95.5 Å². The van der Waals surface area contributed by atoms with Crippen molar-refractivity contribution in [2.45, 2.75) is 6.54 Å². The van der Waals surface area contributed by atoms with Gasteiger partial charge in [0.25, 0.3) is 0 Å². The van der Waals surface area contributed by atoms with Crippen LogP contribution in [0.3, 0.4) is 0 Å². The van der Waals surface area contributed by atoms with Crippen LogP contribution >= 0.6 is 11.6 Å². The Hall–Kier alpha value is -3.90. The van der Waals surface area contributed by atoms with Crippen molar-refractivity contribution >= 4 is 34.4 Å². The van der Waals surface area contributed by atoms with Crippen molar-refractivity contribution in [2.24, 2.45) is 0 Å². The molecule has 7 heteroatoms. The number of hydrogen-bond donors (Lipinski definition) is 2. The maximum absolute atomic E-state index is 6.53. The molecule has 5 rings (SSSR count). The molecule has 0 unspecified atom stereocenters. The second-order valence-electron chi connectivity index (χ2n) is 7.08. The van der Waals surface area contributed by atoms with E-state index in [9.17, 15) is 0 Å². The summed E-state index contributed by atoms with van der Waals surface area (Å²) in [5, 5.41) is 9.29. The number of benzene rings is 3. The smallest absolute Gasteiger partial charge is 0.225 e. The van der Waals surface area contributed by atoms with Gasteiger partial charge in [-0.15, -0.1) is 5.10 Å². The zero-order valence-electron chi connectivity index (χ0n) is 16.5. The molecular weight excluding hydrogens is 408 g/mol. The third-order valence-electron chi connectivity index (χ3n) is 4.96. The van der Waals surface area contributed by atoms with E-state index in [4.69, 9.17) is 22.3 Å². The fourth-order valence-electron chi connectivity index (χ4n) is 3.48. The summed E-state index contributed by atoms with van der Waals surface area (Å²) in [4.78, 5) is 9.42. The highest BCUT2D eigenvalue weighted by Gasteiger charge is 2.19.